The third-order valence-electron chi connectivity index (χ3n) is 6.52. The number of hydrogen-bond donors (Lipinski definition) is 1. The molecule has 5 nitrogen and oxygen atoms in total. The summed E-state index contributed by atoms with van der Waals surface area (Å²) in [5.41, 5.74) is 3.72. The van der Waals surface area contributed by atoms with Crippen molar-refractivity contribution in [3.05, 3.63) is 76.5 Å². The molecule has 1 aromatic carbocycles. The summed E-state index contributed by atoms with van der Waals surface area (Å²) in [6.07, 6.45) is 8.88. The van der Waals surface area contributed by atoms with Crippen LogP contribution in [0.2, 0.25) is 0 Å². The standard InChI is InChI=1S/C26H33N3O2/c1-18(2)15-29-17-22(23-14-27-28(3)16-23)13-24(26(29)31)25(30)21-11-9-20(10-12-21)19-7-5-4-6-8-19/h4-8,13-14,16-18,20-21,25,30H,9-12,15H2,1-3H3. The molecule has 5 heteroatoms. The molecule has 1 fully saturated rings. The van der Waals surface area contributed by atoms with Gasteiger partial charge in [0.1, 0.15) is 0 Å². The second kappa shape index (κ2) is 9.23. The number of nitrogens with zero attached hydrogens (tertiary/aromatic N) is 3. The highest BCUT2D eigenvalue weighted by Crippen LogP contribution is 2.40. The molecule has 164 valence electrons. The van der Waals surface area contributed by atoms with Crippen LogP contribution in [0.3, 0.4) is 0 Å². The third kappa shape index (κ3) is 4.82. The van der Waals surface area contributed by atoms with Crippen molar-refractivity contribution >= 4 is 0 Å². The lowest BCUT2D eigenvalue weighted by molar-refractivity contribution is 0.0792. The van der Waals surface area contributed by atoms with E-state index in [1.165, 1.54) is 5.56 Å². The Kier molecular flexibility index (Phi) is 6.42. The molecular weight excluding hydrogens is 386 g/mol. The molecule has 1 aliphatic carbocycles. The van der Waals surface area contributed by atoms with Crippen LogP contribution in [0.4, 0.5) is 0 Å². The SMILES string of the molecule is CC(C)Cn1cc(-c2cnn(C)c2)cc(C(O)C2CCC(c3ccccc3)CC2)c1=O. The quantitative estimate of drug-likeness (QED) is 0.617. The van der Waals surface area contributed by atoms with Gasteiger partial charge in [0, 0.05) is 42.7 Å². The maximum atomic E-state index is 13.2. The zero-order valence-electron chi connectivity index (χ0n) is 18.7. The van der Waals surface area contributed by atoms with Crippen LogP contribution in [0.25, 0.3) is 11.1 Å². The van der Waals surface area contributed by atoms with E-state index in [4.69, 9.17) is 0 Å². The normalized spacial score (nSPS) is 20.2. The van der Waals surface area contributed by atoms with Gasteiger partial charge in [-0.2, -0.15) is 5.10 Å². The summed E-state index contributed by atoms with van der Waals surface area (Å²) in [5.74, 6) is 1.00. The lowest BCUT2D eigenvalue weighted by atomic mass is 9.75. The van der Waals surface area contributed by atoms with E-state index in [2.05, 4.69) is 49.3 Å². The Morgan fingerprint density at radius 3 is 2.39 bits per heavy atom. The Balaban J connectivity index is 1.59. The van der Waals surface area contributed by atoms with Gasteiger partial charge in [-0.1, -0.05) is 44.2 Å². The Bertz CT molecular complexity index is 1060. The van der Waals surface area contributed by atoms with Crippen LogP contribution in [-0.2, 0) is 13.6 Å². The van der Waals surface area contributed by atoms with E-state index >= 15 is 0 Å². The fourth-order valence-electron chi connectivity index (χ4n) is 4.88. The fourth-order valence-corrected chi connectivity index (χ4v) is 4.88. The van der Waals surface area contributed by atoms with Gasteiger partial charge >= 0.3 is 0 Å². The molecule has 0 amide bonds. The predicted octanol–water partition coefficient (Wildman–Crippen LogP) is 4.91. The van der Waals surface area contributed by atoms with Gasteiger partial charge < -0.3 is 9.67 Å². The van der Waals surface area contributed by atoms with Gasteiger partial charge in [-0.3, -0.25) is 9.48 Å². The average molecular weight is 420 g/mol. The van der Waals surface area contributed by atoms with Crippen LogP contribution in [0.15, 0.2) is 59.8 Å². The average Bonchev–Trinajstić information content (AvgIpc) is 3.21. The van der Waals surface area contributed by atoms with Crippen molar-refractivity contribution in [3.8, 4) is 11.1 Å². The van der Waals surface area contributed by atoms with Crippen molar-refractivity contribution in [1.29, 1.82) is 0 Å². The Morgan fingerprint density at radius 1 is 1.06 bits per heavy atom. The lowest BCUT2D eigenvalue weighted by Gasteiger charge is -2.32. The van der Waals surface area contributed by atoms with Gasteiger partial charge in [0.05, 0.1) is 12.3 Å². The molecule has 1 atom stereocenters. The number of benzene rings is 1. The van der Waals surface area contributed by atoms with Crippen LogP contribution in [0.1, 0.15) is 62.7 Å². The molecule has 1 aliphatic rings. The molecule has 1 N–H and O–H groups in total. The third-order valence-corrected chi connectivity index (χ3v) is 6.52. The molecule has 0 saturated heterocycles. The van der Waals surface area contributed by atoms with E-state index in [-0.39, 0.29) is 11.5 Å². The smallest absolute Gasteiger partial charge is 0.256 e. The van der Waals surface area contributed by atoms with Gasteiger partial charge in [0.25, 0.3) is 5.56 Å². The van der Waals surface area contributed by atoms with Crippen LogP contribution < -0.4 is 5.56 Å². The molecule has 3 aromatic rings. The van der Waals surface area contributed by atoms with Gasteiger partial charge in [0.15, 0.2) is 0 Å². The van der Waals surface area contributed by atoms with Gasteiger partial charge in [-0.15, -0.1) is 0 Å². The van der Waals surface area contributed by atoms with Crippen molar-refractivity contribution in [3.63, 3.8) is 0 Å². The Hall–Kier alpha value is -2.66. The zero-order valence-corrected chi connectivity index (χ0v) is 18.7. The van der Waals surface area contributed by atoms with Crippen molar-refractivity contribution in [2.75, 3.05) is 0 Å². The van der Waals surface area contributed by atoms with Crippen LogP contribution in [-0.4, -0.2) is 19.5 Å². The minimum atomic E-state index is -0.737. The maximum Gasteiger partial charge on any atom is 0.256 e. The number of pyridine rings is 1. The minimum absolute atomic E-state index is 0.0703. The number of rotatable bonds is 6. The Labute approximate surface area is 184 Å². The summed E-state index contributed by atoms with van der Waals surface area (Å²) in [6.45, 7) is 4.84. The molecule has 1 unspecified atom stereocenters. The van der Waals surface area contributed by atoms with Gasteiger partial charge in [-0.25, -0.2) is 0 Å². The largest absolute Gasteiger partial charge is 0.388 e. The summed E-state index contributed by atoms with van der Waals surface area (Å²) < 4.78 is 3.52. The number of aliphatic hydroxyl groups is 1. The topological polar surface area (TPSA) is 60.1 Å². The molecule has 4 rings (SSSR count). The monoisotopic (exact) mass is 419 g/mol. The van der Waals surface area contributed by atoms with Crippen molar-refractivity contribution in [2.45, 2.75) is 58.1 Å². The van der Waals surface area contributed by atoms with E-state index < -0.39 is 6.10 Å². The maximum absolute atomic E-state index is 13.2. The summed E-state index contributed by atoms with van der Waals surface area (Å²) >= 11 is 0. The summed E-state index contributed by atoms with van der Waals surface area (Å²) in [6, 6.07) is 12.5. The van der Waals surface area contributed by atoms with E-state index in [9.17, 15) is 9.90 Å². The van der Waals surface area contributed by atoms with Crippen LogP contribution in [0.5, 0.6) is 0 Å². The second-order valence-electron chi connectivity index (χ2n) is 9.41. The van der Waals surface area contributed by atoms with Gasteiger partial charge in [-0.05, 0) is 55.1 Å². The van der Waals surface area contributed by atoms with Crippen molar-refractivity contribution in [2.24, 2.45) is 18.9 Å². The molecule has 2 aromatic heterocycles. The van der Waals surface area contributed by atoms with Crippen molar-refractivity contribution in [1.82, 2.24) is 14.3 Å². The first-order chi connectivity index (χ1) is 14.9. The van der Waals surface area contributed by atoms with E-state index in [1.54, 1.807) is 15.4 Å². The molecule has 31 heavy (non-hydrogen) atoms. The molecule has 0 spiro atoms. The summed E-state index contributed by atoms with van der Waals surface area (Å²) in [7, 11) is 1.88. The molecule has 2 heterocycles. The first-order valence-corrected chi connectivity index (χ1v) is 11.4. The number of aryl methyl sites for hydroxylation is 1. The summed E-state index contributed by atoms with van der Waals surface area (Å²) in [5, 5.41) is 15.6. The van der Waals surface area contributed by atoms with E-state index in [0.29, 0.717) is 23.9 Å². The highest BCUT2D eigenvalue weighted by molar-refractivity contribution is 5.61. The molecular formula is C26H33N3O2. The first kappa shape index (κ1) is 21.6. The minimum Gasteiger partial charge on any atom is -0.388 e. The zero-order chi connectivity index (χ0) is 22.0. The number of aliphatic hydroxyl groups excluding tert-OH is 1. The highest BCUT2D eigenvalue weighted by atomic mass is 16.3. The molecule has 0 aliphatic heterocycles. The second-order valence-corrected chi connectivity index (χ2v) is 9.41. The van der Waals surface area contributed by atoms with Crippen molar-refractivity contribution < 1.29 is 5.11 Å². The Morgan fingerprint density at radius 2 is 1.77 bits per heavy atom. The highest BCUT2D eigenvalue weighted by Gasteiger charge is 2.30. The van der Waals surface area contributed by atoms with Gasteiger partial charge in [0.2, 0.25) is 0 Å². The molecule has 0 radical (unpaired) electrons. The first-order valence-electron chi connectivity index (χ1n) is 11.4. The van der Waals surface area contributed by atoms with E-state index in [1.807, 2.05) is 25.5 Å². The number of hydrogen-bond acceptors (Lipinski definition) is 3. The van der Waals surface area contributed by atoms with Crippen LogP contribution >= 0.6 is 0 Å². The number of aromatic nitrogens is 3. The molecule has 1 saturated carbocycles. The van der Waals surface area contributed by atoms with E-state index in [0.717, 1.165) is 36.8 Å². The summed E-state index contributed by atoms with van der Waals surface area (Å²) in [4.78, 5) is 13.2. The predicted molar refractivity (Wildman–Crippen MR) is 124 cm³/mol. The van der Waals surface area contributed by atoms with Crippen LogP contribution in [0, 0.1) is 11.8 Å². The fraction of sp³-hybridized carbons (Fsp3) is 0.462. The lowest BCUT2D eigenvalue weighted by Crippen LogP contribution is -2.30. The molecule has 0 bridgehead atoms.